The first-order chi connectivity index (χ1) is 26.0. The van der Waals surface area contributed by atoms with Crippen LogP contribution >= 0.6 is 0 Å². The highest BCUT2D eigenvalue weighted by molar-refractivity contribution is 6.03. The van der Waals surface area contributed by atoms with Crippen LogP contribution in [-0.4, -0.2) is 98.3 Å². The van der Waals surface area contributed by atoms with Crippen LogP contribution in [0.3, 0.4) is 0 Å². The molecule has 16 nitrogen and oxygen atoms in total. The Hall–Kier alpha value is -5.32. The third-order valence-electron chi connectivity index (χ3n) is 10.4. The Labute approximate surface area is 311 Å². The van der Waals surface area contributed by atoms with Crippen molar-refractivity contribution < 1.29 is 38.3 Å². The first-order valence-electron chi connectivity index (χ1n) is 18.4. The molecule has 3 aliphatic heterocycles. The fourth-order valence-corrected chi connectivity index (χ4v) is 7.45. The number of fused-ring (bicyclic) bond motifs is 1. The molecule has 4 amide bonds. The van der Waals surface area contributed by atoms with E-state index in [1.165, 1.54) is 4.90 Å². The van der Waals surface area contributed by atoms with Crippen LogP contribution in [-0.2, 0) is 23.9 Å². The van der Waals surface area contributed by atoms with Gasteiger partial charge in [-0.05, 0) is 66.3 Å². The Morgan fingerprint density at radius 3 is 2.22 bits per heavy atom. The van der Waals surface area contributed by atoms with Crippen molar-refractivity contribution in [2.24, 2.45) is 11.8 Å². The highest BCUT2D eigenvalue weighted by Crippen LogP contribution is 2.34. The van der Waals surface area contributed by atoms with Crippen LogP contribution in [0.4, 0.5) is 10.6 Å². The van der Waals surface area contributed by atoms with Crippen molar-refractivity contribution in [2.45, 2.75) is 84.0 Å². The van der Waals surface area contributed by atoms with Gasteiger partial charge < -0.3 is 44.5 Å². The molecule has 5 heterocycles. The van der Waals surface area contributed by atoms with Crippen molar-refractivity contribution in [1.82, 2.24) is 35.6 Å². The summed E-state index contributed by atoms with van der Waals surface area (Å²) in [6.45, 7) is 8.74. The highest BCUT2D eigenvalue weighted by Gasteiger charge is 2.40. The number of aromatic amines is 1. The molecule has 16 heteroatoms. The van der Waals surface area contributed by atoms with Gasteiger partial charge in [0.15, 0.2) is 18.2 Å². The van der Waals surface area contributed by atoms with Gasteiger partial charge in [0.05, 0.1) is 29.4 Å². The van der Waals surface area contributed by atoms with E-state index in [1.807, 2.05) is 61.2 Å². The monoisotopic (exact) mass is 742 g/mol. The molecule has 0 spiro atoms. The Morgan fingerprint density at radius 1 is 0.870 bits per heavy atom. The maximum atomic E-state index is 13.6. The zero-order valence-corrected chi connectivity index (χ0v) is 30.7. The molecule has 4 aromatic rings. The SMILES string of the molecule is CC(C)[C@H](NC(=O)O)C(=O)N1CCC[C@H]1C(=O)Nc1noc2cc(-c3ccc(-c4cnc([C@@H]5CCCN5C(=O)[C@@H](NC5OCO5)C(C)C)[nH]4)cc3)ccc12. The lowest BCUT2D eigenvalue weighted by Crippen LogP contribution is -2.56. The predicted molar refractivity (Wildman–Crippen MR) is 196 cm³/mol. The second-order valence-corrected chi connectivity index (χ2v) is 14.7. The van der Waals surface area contributed by atoms with Crippen LogP contribution in [0.2, 0.25) is 0 Å². The maximum Gasteiger partial charge on any atom is 0.405 e. The van der Waals surface area contributed by atoms with Gasteiger partial charge in [-0.15, -0.1) is 0 Å². The molecule has 3 fully saturated rings. The zero-order chi connectivity index (χ0) is 38.1. The van der Waals surface area contributed by atoms with Gasteiger partial charge in [-0.1, -0.05) is 63.2 Å². The Balaban J connectivity index is 1.01. The number of nitrogens with one attached hydrogen (secondary N) is 4. The number of benzene rings is 2. The summed E-state index contributed by atoms with van der Waals surface area (Å²) >= 11 is 0. The van der Waals surface area contributed by atoms with Gasteiger partial charge in [0.1, 0.15) is 17.9 Å². The average Bonchev–Trinajstić information content (AvgIpc) is 3.96. The summed E-state index contributed by atoms with van der Waals surface area (Å²) in [5.74, 6) is -0.0748. The fourth-order valence-electron chi connectivity index (χ4n) is 7.45. The van der Waals surface area contributed by atoms with Crippen molar-refractivity contribution in [2.75, 3.05) is 25.2 Å². The largest absolute Gasteiger partial charge is 0.465 e. The summed E-state index contributed by atoms with van der Waals surface area (Å²) < 4.78 is 16.3. The van der Waals surface area contributed by atoms with Crippen LogP contribution < -0.4 is 16.0 Å². The van der Waals surface area contributed by atoms with E-state index in [2.05, 4.69) is 31.1 Å². The van der Waals surface area contributed by atoms with Gasteiger partial charge in [0.25, 0.3) is 0 Å². The van der Waals surface area contributed by atoms with Crippen molar-refractivity contribution in [3.8, 4) is 22.4 Å². The van der Waals surface area contributed by atoms with E-state index in [9.17, 15) is 24.3 Å². The Morgan fingerprint density at radius 2 is 1.54 bits per heavy atom. The number of aromatic nitrogens is 3. The van der Waals surface area contributed by atoms with Crippen LogP contribution in [0, 0.1) is 11.8 Å². The topological polar surface area (TPSA) is 204 Å². The van der Waals surface area contributed by atoms with E-state index in [0.29, 0.717) is 36.9 Å². The highest BCUT2D eigenvalue weighted by atomic mass is 16.9. The number of amides is 4. The second kappa shape index (κ2) is 15.6. The molecule has 3 aliphatic rings. The molecule has 4 atom stereocenters. The molecule has 54 heavy (non-hydrogen) atoms. The standard InChI is InChI=1S/C38H46N8O8/c1-20(2)30(41-37(50)51)35(48)46-16-6-8-28(46)34(47)43-32-25-14-13-24(17-29(25)54-44-32)22-9-11-23(12-10-22)26-18-39-33(40-26)27-7-5-15-45(27)36(49)31(21(3)4)42-38-52-19-53-38/h9-14,17-18,20-21,27-28,30-31,38,41-42H,5-8,15-16,19H2,1-4H3,(H,39,40)(H,50,51)(H,43,44,47)/t27-,28-,30-,31-/m0/s1. The second-order valence-electron chi connectivity index (χ2n) is 14.7. The van der Waals surface area contributed by atoms with E-state index in [4.69, 9.17) is 14.0 Å². The van der Waals surface area contributed by atoms with Crippen molar-refractivity contribution in [3.63, 3.8) is 0 Å². The van der Waals surface area contributed by atoms with Crippen LogP contribution in [0.15, 0.2) is 53.2 Å². The summed E-state index contributed by atoms with van der Waals surface area (Å²) in [4.78, 5) is 63.1. The number of ether oxygens (including phenoxy) is 2. The fraction of sp³-hybridized carbons (Fsp3) is 0.474. The van der Waals surface area contributed by atoms with Crippen molar-refractivity contribution in [1.29, 1.82) is 0 Å². The van der Waals surface area contributed by atoms with E-state index in [1.54, 1.807) is 20.0 Å². The quantitative estimate of drug-likeness (QED) is 0.135. The summed E-state index contributed by atoms with van der Waals surface area (Å²) in [5, 5.41) is 22.2. The number of anilines is 1. The van der Waals surface area contributed by atoms with Crippen molar-refractivity contribution in [3.05, 3.63) is 54.5 Å². The average molecular weight is 743 g/mol. The molecule has 0 bridgehead atoms. The molecule has 7 rings (SSSR count). The molecular weight excluding hydrogens is 696 g/mol. The first-order valence-corrected chi connectivity index (χ1v) is 18.4. The van der Waals surface area contributed by atoms with Gasteiger partial charge in [-0.3, -0.25) is 19.7 Å². The van der Waals surface area contributed by atoms with E-state index in [-0.39, 0.29) is 36.4 Å². The number of H-pyrrole nitrogens is 1. The van der Waals surface area contributed by atoms with Gasteiger partial charge in [0.2, 0.25) is 24.1 Å². The summed E-state index contributed by atoms with van der Waals surface area (Å²) in [6.07, 6.45) is 2.72. The van der Waals surface area contributed by atoms with Crippen LogP contribution in [0.5, 0.6) is 0 Å². The lowest BCUT2D eigenvalue weighted by molar-refractivity contribution is -0.335. The normalized spacial score (nSPS) is 20.0. The van der Waals surface area contributed by atoms with E-state index < -0.39 is 42.4 Å². The number of hydrogen-bond donors (Lipinski definition) is 5. The number of carbonyl (C=O) groups excluding carboxylic acids is 3. The molecule has 0 radical (unpaired) electrons. The summed E-state index contributed by atoms with van der Waals surface area (Å²) in [5.41, 5.74) is 4.09. The Bertz CT molecular complexity index is 2010. The lowest BCUT2D eigenvalue weighted by Gasteiger charge is -2.35. The number of hydrogen-bond acceptors (Lipinski definition) is 10. The number of carbonyl (C=O) groups is 4. The molecule has 0 unspecified atom stereocenters. The number of rotatable bonds is 12. The summed E-state index contributed by atoms with van der Waals surface area (Å²) in [6, 6.07) is 11.3. The van der Waals surface area contributed by atoms with Gasteiger partial charge in [0, 0.05) is 13.1 Å². The molecule has 0 saturated carbocycles. The van der Waals surface area contributed by atoms with Crippen LogP contribution in [0.1, 0.15) is 65.2 Å². The maximum absolute atomic E-state index is 13.6. The molecule has 5 N–H and O–H groups in total. The molecule has 2 aromatic carbocycles. The predicted octanol–water partition coefficient (Wildman–Crippen LogP) is 4.67. The smallest absolute Gasteiger partial charge is 0.405 e. The van der Waals surface area contributed by atoms with Crippen LogP contribution in [0.25, 0.3) is 33.4 Å². The number of likely N-dealkylation sites (tertiary alicyclic amines) is 2. The minimum atomic E-state index is -1.29. The molecule has 0 aliphatic carbocycles. The molecule has 286 valence electrons. The number of nitrogens with zero attached hydrogens (tertiary/aromatic N) is 4. The van der Waals surface area contributed by atoms with Crippen molar-refractivity contribution >= 4 is 40.6 Å². The van der Waals surface area contributed by atoms with E-state index >= 15 is 0 Å². The first kappa shape index (κ1) is 37.0. The molecule has 2 aromatic heterocycles. The van der Waals surface area contributed by atoms with E-state index in [0.717, 1.165) is 41.1 Å². The number of carboxylic acid groups (broad SMARTS) is 1. The molecule has 3 saturated heterocycles. The third kappa shape index (κ3) is 7.54. The number of imidazole rings is 1. The molecular formula is C38H46N8O8. The van der Waals surface area contributed by atoms with Gasteiger partial charge >= 0.3 is 6.09 Å². The summed E-state index contributed by atoms with van der Waals surface area (Å²) in [7, 11) is 0. The lowest BCUT2D eigenvalue weighted by atomic mass is 10.0. The Kier molecular flexibility index (Phi) is 10.7. The van der Waals surface area contributed by atoms with Gasteiger partial charge in [-0.2, -0.15) is 0 Å². The minimum absolute atomic E-state index is 0.00611. The van der Waals surface area contributed by atoms with Gasteiger partial charge in [-0.25, -0.2) is 9.78 Å². The third-order valence-corrected chi connectivity index (χ3v) is 10.4. The minimum Gasteiger partial charge on any atom is -0.465 e. The zero-order valence-electron chi connectivity index (χ0n) is 30.7.